The third-order valence-electron chi connectivity index (χ3n) is 4.61. The molecule has 28 heavy (non-hydrogen) atoms. The van der Waals surface area contributed by atoms with Gasteiger partial charge < -0.3 is 20.7 Å². The van der Waals surface area contributed by atoms with Crippen molar-refractivity contribution in [3.63, 3.8) is 0 Å². The topological polar surface area (TPSA) is 109 Å². The van der Waals surface area contributed by atoms with Gasteiger partial charge in [-0.25, -0.2) is 4.98 Å². The Labute approximate surface area is 169 Å². The number of nitrogens with one attached hydrogen (secondary N) is 3. The first-order chi connectivity index (χ1) is 13.6. The average molecular weight is 421 g/mol. The molecular weight excluding hydrogens is 400 g/mol. The summed E-state index contributed by atoms with van der Waals surface area (Å²) in [6, 6.07) is 5.62. The smallest absolute Gasteiger partial charge is 0.230 e. The molecule has 2 saturated heterocycles. The molecule has 8 nitrogen and oxygen atoms in total. The van der Waals surface area contributed by atoms with Crippen LogP contribution in [0.15, 0.2) is 22.5 Å². The van der Waals surface area contributed by atoms with Gasteiger partial charge in [0.2, 0.25) is 17.7 Å². The minimum absolute atomic E-state index is 0.0209. The van der Waals surface area contributed by atoms with Crippen LogP contribution in [0, 0.1) is 5.92 Å². The summed E-state index contributed by atoms with van der Waals surface area (Å²) in [7, 11) is 0. The van der Waals surface area contributed by atoms with Gasteiger partial charge in [-0.2, -0.15) is 0 Å². The number of nitrogens with zero attached hydrogens (tertiary/aromatic N) is 1. The van der Waals surface area contributed by atoms with E-state index in [0.29, 0.717) is 31.2 Å². The standard InChI is InChI=1S/C18H20N4O4S2/c23-15-5-10(7-19-15)17(25)21-11-1-2-13-14(6-11)28-18(22-13)27-9-16(24)20-12-3-4-26-8-12/h1-2,6,10,12H,3-5,7-9H2,(H,19,23)(H,20,24)(H,21,25)/t10-,12+/m0/s1. The van der Waals surface area contributed by atoms with E-state index in [0.717, 1.165) is 21.0 Å². The highest BCUT2D eigenvalue weighted by Crippen LogP contribution is 2.31. The fourth-order valence-corrected chi connectivity index (χ4v) is 5.04. The van der Waals surface area contributed by atoms with Gasteiger partial charge in [0.05, 0.1) is 34.5 Å². The molecule has 0 radical (unpaired) electrons. The van der Waals surface area contributed by atoms with Gasteiger partial charge in [-0.05, 0) is 24.6 Å². The van der Waals surface area contributed by atoms with Gasteiger partial charge in [0.15, 0.2) is 4.34 Å². The van der Waals surface area contributed by atoms with Crippen LogP contribution in [0.2, 0.25) is 0 Å². The molecule has 148 valence electrons. The maximum Gasteiger partial charge on any atom is 0.230 e. The number of anilines is 1. The van der Waals surface area contributed by atoms with E-state index in [1.54, 1.807) is 6.07 Å². The average Bonchev–Trinajstić information content (AvgIpc) is 3.40. The number of ether oxygens (including phenoxy) is 1. The molecule has 3 N–H and O–H groups in total. The van der Waals surface area contributed by atoms with Gasteiger partial charge >= 0.3 is 0 Å². The van der Waals surface area contributed by atoms with E-state index in [1.165, 1.54) is 23.1 Å². The number of amides is 3. The van der Waals surface area contributed by atoms with Crippen LogP contribution < -0.4 is 16.0 Å². The lowest BCUT2D eigenvalue weighted by molar-refractivity contribution is -0.123. The van der Waals surface area contributed by atoms with Crippen LogP contribution in [0.25, 0.3) is 10.2 Å². The summed E-state index contributed by atoms with van der Waals surface area (Å²) >= 11 is 2.88. The minimum atomic E-state index is -0.334. The molecule has 2 aliphatic rings. The SMILES string of the molecule is O=C1C[C@H](C(=O)Nc2ccc3nc(SCC(=O)N[C@@H]4CCOC4)sc3c2)CN1. The number of thioether (sulfide) groups is 1. The Kier molecular flexibility index (Phi) is 5.79. The highest BCUT2D eigenvalue weighted by Gasteiger charge is 2.28. The monoisotopic (exact) mass is 420 g/mol. The predicted molar refractivity (Wildman–Crippen MR) is 107 cm³/mol. The zero-order chi connectivity index (χ0) is 19.5. The maximum absolute atomic E-state index is 12.2. The Morgan fingerprint density at radius 3 is 3.04 bits per heavy atom. The number of aromatic nitrogens is 1. The fourth-order valence-electron chi connectivity index (χ4n) is 3.12. The Bertz CT molecular complexity index is 910. The number of fused-ring (bicyclic) bond motifs is 1. The van der Waals surface area contributed by atoms with Crippen molar-refractivity contribution >= 4 is 56.7 Å². The van der Waals surface area contributed by atoms with Crippen molar-refractivity contribution in [1.29, 1.82) is 0 Å². The second-order valence-corrected chi connectivity index (χ2v) is 9.03. The van der Waals surface area contributed by atoms with Gasteiger partial charge in [-0.3, -0.25) is 14.4 Å². The molecule has 3 heterocycles. The van der Waals surface area contributed by atoms with Gasteiger partial charge in [-0.1, -0.05) is 11.8 Å². The van der Waals surface area contributed by atoms with Crippen molar-refractivity contribution in [2.24, 2.45) is 5.92 Å². The van der Waals surface area contributed by atoms with Crippen LogP contribution in [-0.2, 0) is 19.1 Å². The summed E-state index contributed by atoms with van der Waals surface area (Å²) in [5.74, 6) is -0.302. The van der Waals surface area contributed by atoms with E-state index in [1.807, 2.05) is 12.1 Å². The molecule has 2 aromatic rings. The summed E-state index contributed by atoms with van der Waals surface area (Å²) in [4.78, 5) is 40.1. The first kappa shape index (κ1) is 19.2. The molecule has 1 aromatic heterocycles. The molecule has 2 fully saturated rings. The number of carbonyl (C=O) groups excluding carboxylic acids is 3. The van der Waals surface area contributed by atoms with Crippen LogP contribution in [0.4, 0.5) is 5.69 Å². The lowest BCUT2D eigenvalue weighted by Crippen LogP contribution is -2.36. The van der Waals surface area contributed by atoms with Crippen molar-refractivity contribution in [1.82, 2.24) is 15.6 Å². The van der Waals surface area contributed by atoms with Crippen LogP contribution in [0.1, 0.15) is 12.8 Å². The highest BCUT2D eigenvalue weighted by atomic mass is 32.2. The first-order valence-electron chi connectivity index (χ1n) is 9.05. The van der Waals surface area contributed by atoms with Crippen molar-refractivity contribution in [2.45, 2.75) is 23.2 Å². The van der Waals surface area contributed by atoms with E-state index in [2.05, 4.69) is 20.9 Å². The lowest BCUT2D eigenvalue weighted by atomic mass is 10.1. The van der Waals surface area contributed by atoms with Crippen LogP contribution >= 0.6 is 23.1 Å². The van der Waals surface area contributed by atoms with Gasteiger partial charge in [0.1, 0.15) is 0 Å². The Morgan fingerprint density at radius 2 is 2.29 bits per heavy atom. The maximum atomic E-state index is 12.2. The largest absolute Gasteiger partial charge is 0.379 e. The Morgan fingerprint density at radius 1 is 1.39 bits per heavy atom. The minimum Gasteiger partial charge on any atom is -0.379 e. The summed E-state index contributed by atoms with van der Waals surface area (Å²) in [5.41, 5.74) is 1.50. The third-order valence-corrected chi connectivity index (χ3v) is 6.77. The normalized spacial score (nSPS) is 21.6. The summed E-state index contributed by atoms with van der Waals surface area (Å²) < 4.78 is 7.00. The van der Waals surface area contributed by atoms with E-state index < -0.39 is 0 Å². The Balaban J connectivity index is 1.34. The molecular formula is C18H20N4O4S2. The van der Waals surface area contributed by atoms with E-state index >= 15 is 0 Å². The van der Waals surface area contributed by atoms with Gasteiger partial charge in [-0.15, -0.1) is 11.3 Å². The molecule has 4 rings (SSSR count). The zero-order valence-electron chi connectivity index (χ0n) is 15.0. The number of thiazole rings is 1. The van der Waals surface area contributed by atoms with Crippen molar-refractivity contribution < 1.29 is 19.1 Å². The molecule has 10 heteroatoms. The van der Waals surface area contributed by atoms with E-state index in [9.17, 15) is 14.4 Å². The molecule has 0 saturated carbocycles. The molecule has 0 spiro atoms. The molecule has 3 amide bonds. The van der Waals surface area contributed by atoms with E-state index in [4.69, 9.17) is 4.74 Å². The zero-order valence-corrected chi connectivity index (χ0v) is 16.7. The molecule has 1 aromatic carbocycles. The number of benzene rings is 1. The van der Waals surface area contributed by atoms with Crippen molar-refractivity contribution in [3.8, 4) is 0 Å². The summed E-state index contributed by atoms with van der Waals surface area (Å²) in [6.45, 7) is 1.66. The molecule has 2 aliphatic heterocycles. The first-order valence-corrected chi connectivity index (χ1v) is 10.8. The number of hydrogen-bond donors (Lipinski definition) is 3. The van der Waals surface area contributed by atoms with Crippen LogP contribution in [0.3, 0.4) is 0 Å². The van der Waals surface area contributed by atoms with Crippen molar-refractivity contribution in [2.75, 3.05) is 30.8 Å². The molecule has 0 bridgehead atoms. The molecule has 0 unspecified atom stereocenters. The molecule has 0 aliphatic carbocycles. The highest BCUT2D eigenvalue weighted by molar-refractivity contribution is 8.01. The van der Waals surface area contributed by atoms with Crippen LogP contribution in [-0.4, -0.2) is 54.3 Å². The van der Waals surface area contributed by atoms with E-state index in [-0.39, 0.29) is 36.1 Å². The summed E-state index contributed by atoms with van der Waals surface area (Å²) in [5, 5.41) is 8.49. The van der Waals surface area contributed by atoms with Gasteiger partial charge in [0.25, 0.3) is 0 Å². The number of rotatable bonds is 6. The number of hydrogen-bond acceptors (Lipinski definition) is 7. The van der Waals surface area contributed by atoms with Crippen molar-refractivity contribution in [3.05, 3.63) is 18.2 Å². The lowest BCUT2D eigenvalue weighted by Gasteiger charge is -2.09. The molecule has 2 atom stereocenters. The Hall–Kier alpha value is -2.17. The second-order valence-electron chi connectivity index (χ2n) is 6.77. The second kappa shape index (κ2) is 8.46. The van der Waals surface area contributed by atoms with Crippen LogP contribution in [0.5, 0.6) is 0 Å². The predicted octanol–water partition coefficient (Wildman–Crippen LogP) is 1.37. The number of carbonyl (C=O) groups is 3. The summed E-state index contributed by atoms with van der Waals surface area (Å²) in [6.07, 6.45) is 1.08. The van der Waals surface area contributed by atoms with Gasteiger partial charge in [0, 0.05) is 25.3 Å². The quantitative estimate of drug-likeness (QED) is 0.609. The third kappa shape index (κ3) is 4.62. The fraction of sp³-hybridized carbons (Fsp3) is 0.444.